The molecule has 0 spiro atoms. The van der Waals surface area contributed by atoms with Gasteiger partial charge in [-0.05, 0) is 31.3 Å². The molecule has 1 aromatic rings. The van der Waals surface area contributed by atoms with Gasteiger partial charge in [0, 0.05) is 11.6 Å². The molecule has 2 N–H and O–H groups in total. The highest BCUT2D eigenvalue weighted by molar-refractivity contribution is 7.80. The van der Waals surface area contributed by atoms with Crippen LogP contribution in [0.3, 0.4) is 0 Å². The van der Waals surface area contributed by atoms with Crippen molar-refractivity contribution in [3.63, 3.8) is 0 Å². The van der Waals surface area contributed by atoms with Gasteiger partial charge in [0.25, 0.3) is 5.17 Å². The predicted octanol–water partition coefficient (Wildman–Crippen LogP) is 2.18. The molecule has 4 nitrogen and oxygen atoms in total. The van der Waals surface area contributed by atoms with Gasteiger partial charge in [0.2, 0.25) is 0 Å². The number of para-hydroxylation sites is 1. The summed E-state index contributed by atoms with van der Waals surface area (Å²) in [6.45, 7) is 3.94. The maximum Gasteiger partial charge on any atom is 0.261 e. The lowest BCUT2D eigenvalue weighted by Gasteiger charge is -2.21. The fourth-order valence-electron chi connectivity index (χ4n) is 2.32. The van der Waals surface area contributed by atoms with Crippen LogP contribution in [-0.4, -0.2) is 35.2 Å². The van der Waals surface area contributed by atoms with Crippen molar-refractivity contribution < 1.29 is 14.6 Å². The van der Waals surface area contributed by atoms with E-state index in [-0.39, 0.29) is 30.8 Å². The molecule has 0 radical (unpaired) electrons. The first-order chi connectivity index (χ1) is 9.11. The largest absolute Gasteiger partial charge is 0.464 e. The standard InChI is InChI=1S/C14H19NO3S/c1-9-12(8-16)17-10(2)13(9)18-14(19)15-11-6-4-3-5-7-11/h3-7,9-10,12-13,16H,8H2,1-2H3,(H,15,19). The smallest absolute Gasteiger partial charge is 0.261 e. The SMILES string of the molecule is CC1OC(CO)C(C)C1OC(=S)Nc1ccccc1. The van der Waals surface area contributed by atoms with E-state index in [0.717, 1.165) is 5.69 Å². The van der Waals surface area contributed by atoms with Gasteiger partial charge in [-0.25, -0.2) is 0 Å². The summed E-state index contributed by atoms with van der Waals surface area (Å²) < 4.78 is 11.4. The monoisotopic (exact) mass is 281 g/mol. The number of rotatable bonds is 3. The van der Waals surface area contributed by atoms with Crippen LogP contribution in [0.4, 0.5) is 5.69 Å². The number of nitrogens with one attached hydrogen (secondary N) is 1. The first kappa shape index (κ1) is 14.2. The van der Waals surface area contributed by atoms with Crippen molar-refractivity contribution in [2.45, 2.75) is 32.2 Å². The molecule has 1 aliphatic rings. The third kappa shape index (κ3) is 3.43. The zero-order chi connectivity index (χ0) is 13.8. The van der Waals surface area contributed by atoms with Crippen molar-refractivity contribution in [1.82, 2.24) is 0 Å². The molecule has 4 atom stereocenters. The highest BCUT2D eigenvalue weighted by Crippen LogP contribution is 2.29. The molecule has 1 heterocycles. The van der Waals surface area contributed by atoms with E-state index in [4.69, 9.17) is 21.7 Å². The molecule has 0 aromatic heterocycles. The Kier molecular flexibility index (Phi) is 4.74. The van der Waals surface area contributed by atoms with Crippen molar-refractivity contribution in [1.29, 1.82) is 0 Å². The zero-order valence-corrected chi connectivity index (χ0v) is 11.9. The van der Waals surface area contributed by atoms with Gasteiger partial charge in [-0.15, -0.1) is 0 Å². The summed E-state index contributed by atoms with van der Waals surface area (Å²) in [5, 5.41) is 12.6. The van der Waals surface area contributed by atoms with Gasteiger partial charge in [0.15, 0.2) is 0 Å². The lowest BCUT2D eigenvalue weighted by molar-refractivity contribution is 0.0000761. The topological polar surface area (TPSA) is 50.7 Å². The minimum Gasteiger partial charge on any atom is -0.464 e. The molecule has 4 unspecified atom stereocenters. The van der Waals surface area contributed by atoms with Crippen molar-refractivity contribution in [2.75, 3.05) is 11.9 Å². The van der Waals surface area contributed by atoms with Gasteiger partial charge < -0.3 is 19.9 Å². The number of hydrogen-bond acceptors (Lipinski definition) is 4. The molecular weight excluding hydrogens is 262 g/mol. The van der Waals surface area contributed by atoms with Crippen LogP contribution < -0.4 is 5.32 Å². The molecule has 19 heavy (non-hydrogen) atoms. The Balaban J connectivity index is 1.92. The lowest BCUT2D eigenvalue weighted by Crippen LogP contribution is -2.32. The third-order valence-corrected chi connectivity index (χ3v) is 3.60. The number of benzene rings is 1. The number of aliphatic hydroxyl groups excluding tert-OH is 1. The van der Waals surface area contributed by atoms with Crippen molar-refractivity contribution in [3.05, 3.63) is 30.3 Å². The van der Waals surface area contributed by atoms with Crippen LogP contribution in [0.15, 0.2) is 30.3 Å². The molecule has 0 amide bonds. The van der Waals surface area contributed by atoms with E-state index in [2.05, 4.69) is 5.32 Å². The van der Waals surface area contributed by atoms with Gasteiger partial charge in [-0.1, -0.05) is 25.1 Å². The molecule has 1 fully saturated rings. The maximum atomic E-state index is 9.21. The average molecular weight is 281 g/mol. The molecule has 0 bridgehead atoms. The summed E-state index contributed by atoms with van der Waals surface area (Å²) in [7, 11) is 0. The van der Waals surface area contributed by atoms with Crippen LogP contribution in [0.1, 0.15) is 13.8 Å². The molecule has 1 aromatic carbocycles. The summed E-state index contributed by atoms with van der Waals surface area (Å²) in [6.07, 6.45) is -0.400. The van der Waals surface area contributed by atoms with Crippen LogP contribution in [-0.2, 0) is 9.47 Å². The Bertz CT molecular complexity index is 426. The Hall–Kier alpha value is -1.17. The number of aliphatic hydroxyl groups is 1. The van der Waals surface area contributed by atoms with E-state index in [9.17, 15) is 5.11 Å². The number of hydrogen-bond donors (Lipinski definition) is 2. The van der Waals surface area contributed by atoms with E-state index >= 15 is 0 Å². The number of anilines is 1. The second-order valence-electron chi connectivity index (χ2n) is 4.78. The molecular formula is C14H19NO3S. The molecule has 0 saturated carbocycles. The second-order valence-corrected chi connectivity index (χ2v) is 5.15. The van der Waals surface area contributed by atoms with E-state index < -0.39 is 0 Å². The average Bonchev–Trinajstić information content (AvgIpc) is 2.67. The fraction of sp³-hybridized carbons (Fsp3) is 0.500. The lowest BCUT2D eigenvalue weighted by atomic mass is 9.99. The predicted molar refractivity (Wildman–Crippen MR) is 78.1 cm³/mol. The van der Waals surface area contributed by atoms with E-state index in [1.807, 2.05) is 44.2 Å². The minimum atomic E-state index is -0.181. The van der Waals surface area contributed by atoms with Crippen molar-refractivity contribution in [2.24, 2.45) is 5.92 Å². The second kappa shape index (κ2) is 6.32. The van der Waals surface area contributed by atoms with Gasteiger partial charge >= 0.3 is 0 Å². The first-order valence-electron chi connectivity index (χ1n) is 6.41. The summed E-state index contributed by atoms with van der Waals surface area (Å²) in [6, 6.07) is 9.64. The molecule has 1 saturated heterocycles. The summed E-state index contributed by atoms with van der Waals surface area (Å²) >= 11 is 5.20. The van der Waals surface area contributed by atoms with Gasteiger partial charge in [0.1, 0.15) is 6.10 Å². The molecule has 104 valence electrons. The fourth-order valence-corrected chi connectivity index (χ4v) is 2.55. The summed E-state index contributed by atoms with van der Waals surface area (Å²) in [5.41, 5.74) is 0.894. The van der Waals surface area contributed by atoms with Gasteiger partial charge in [0.05, 0.1) is 18.8 Å². The highest BCUT2D eigenvalue weighted by atomic mass is 32.1. The zero-order valence-electron chi connectivity index (χ0n) is 11.1. The summed E-state index contributed by atoms with van der Waals surface area (Å²) in [5.74, 6) is 0.107. The number of ether oxygens (including phenoxy) is 2. The van der Waals surface area contributed by atoms with Crippen LogP contribution in [0.2, 0.25) is 0 Å². The van der Waals surface area contributed by atoms with E-state index in [1.54, 1.807) is 0 Å². The van der Waals surface area contributed by atoms with Crippen LogP contribution in [0.5, 0.6) is 0 Å². The molecule has 0 aliphatic carbocycles. The van der Waals surface area contributed by atoms with Crippen molar-refractivity contribution in [3.8, 4) is 0 Å². The normalized spacial score (nSPS) is 30.1. The van der Waals surface area contributed by atoms with Crippen molar-refractivity contribution >= 4 is 23.1 Å². The Morgan fingerprint density at radius 1 is 1.37 bits per heavy atom. The van der Waals surface area contributed by atoms with Crippen LogP contribution in [0.25, 0.3) is 0 Å². The van der Waals surface area contributed by atoms with Gasteiger partial charge in [-0.2, -0.15) is 0 Å². The first-order valence-corrected chi connectivity index (χ1v) is 6.81. The Morgan fingerprint density at radius 3 is 2.63 bits per heavy atom. The number of thiocarbonyl (C=S) groups is 1. The molecule has 5 heteroatoms. The van der Waals surface area contributed by atoms with Gasteiger partial charge in [-0.3, -0.25) is 0 Å². The third-order valence-electron chi connectivity index (χ3n) is 3.40. The van der Waals surface area contributed by atoms with Crippen LogP contribution in [0, 0.1) is 5.92 Å². The minimum absolute atomic E-state index is 0.00421. The highest BCUT2D eigenvalue weighted by Gasteiger charge is 2.41. The molecule has 2 rings (SSSR count). The Morgan fingerprint density at radius 2 is 2.05 bits per heavy atom. The summed E-state index contributed by atoms with van der Waals surface area (Å²) in [4.78, 5) is 0. The Labute approximate surface area is 118 Å². The van der Waals surface area contributed by atoms with Crippen LogP contribution >= 0.6 is 12.2 Å². The van der Waals surface area contributed by atoms with E-state index in [0.29, 0.717) is 5.17 Å². The maximum absolute atomic E-state index is 9.21. The quantitative estimate of drug-likeness (QED) is 0.832. The van der Waals surface area contributed by atoms with E-state index in [1.165, 1.54) is 0 Å². The molecule has 1 aliphatic heterocycles.